The second kappa shape index (κ2) is 9.46. The lowest BCUT2D eigenvalue weighted by molar-refractivity contribution is -0.275. The smallest absolute Gasteiger partial charge is 0.391 e. The van der Waals surface area contributed by atoms with Crippen LogP contribution in [-0.4, -0.2) is 35.7 Å². The molecule has 0 radical (unpaired) electrons. The van der Waals surface area contributed by atoms with Crippen molar-refractivity contribution in [3.63, 3.8) is 0 Å². The summed E-state index contributed by atoms with van der Waals surface area (Å²) in [5.74, 6) is -1.61. The van der Waals surface area contributed by atoms with Crippen LogP contribution in [0.5, 0.6) is 0 Å². The summed E-state index contributed by atoms with van der Waals surface area (Å²) in [5.41, 5.74) is -4.06. The Morgan fingerprint density at radius 2 is 1.73 bits per heavy atom. The Hall–Kier alpha value is -2.86. The molecule has 37 heavy (non-hydrogen) atoms. The Morgan fingerprint density at radius 1 is 1.08 bits per heavy atom. The maximum absolute atomic E-state index is 14.2. The highest BCUT2D eigenvalue weighted by Crippen LogP contribution is 2.50. The van der Waals surface area contributed by atoms with Crippen molar-refractivity contribution in [3.05, 3.63) is 68.4 Å². The highest BCUT2D eigenvalue weighted by Gasteiger charge is 2.62. The van der Waals surface area contributed by atoms with Crippen molar-refractivity contribution in [1.82, 2.24) is 0 Å². The first-order valence-electron chi connectivity index (χ1n) is 10.5. The van der Waals surface area contributed by atoms with Gasteiger partial charge in [0.25, 0.3) is 5.60 Å². The Labute approximate surface area is 214 Å². The number of rotatable bonds is 5. The molecule has 0 fully saturated rings. The van der Waals surface area contributed by atoms with Crippen molar-refractivity contribution >= 4 is 40.4 Å². The maximum Gasteiger partial charge on any atom is 0.435 e. The molecular weight excluding hydrogens is 556 g/mol. The van der Waals surface area contributed by atoms with E-state index in [4.69, 9.17) is 32.9 Å². The van der Waals surface area contributed by atoms with Crippen LogP contribution in [0.2, 0.25) is 10.0 Å². The number of alkyl halides is 6. The molecule has 198 valence electrons. The summed E-state index contributed by atoms with van der Waals surface area (Å²) in [6, 6.07) is 5.60. The predicted molar refractivity (Wildman–Crippen MR) is 119 cm³/mol. The van der Waals surface area contributed by atoms with E-state index in [2.05, 4.69) is 10.3 Å². The molecule has 2 aromatic carbocycles. The van der Waals surface area contributed by atoms with Gasteiger partial charge in [-0.3, -0.25) is 4.79 Å². The molecule has 2 aliphatic heterocycles. The van der Waals surface area contributed by atoms with Crippen molar-refractivity contribution in [2.45, 2.75) is 50.2 Å². The van der Waals surface area contributed by atoms with Crippen molar-refractivity contribution in [2.75, 3.05) is 0 Å². The first-order valence-corrected chi connectivity index (χ1v) is 11.3. The molecule has 14 heteroatoms. The van der Waals surface area contributed by atoms with Crippen LogP contribution in [0.1, 0.15) is 46.3 Å². The second-order valence-corrected chi connectivity index (χ2v) is 9.32. The highest BCUT2D eigenvalue weighted by molar-refractivity contribution is 6.35. The first kappa shape index (κ1) is 27.2. The van der Waals surface area contributed by atoms with Gasteiger partial charge in [-0.2, -0.15) is 26.3 Å². The summed E-state index contributed by atoms with van der Waals surface area (Å²) in [6.45, 7) is 1.51. The van der Waals surface area contributed by atoms with E-state index in [0.29, 0.717) is 5.56 Å². The molecule has 2 aliphatic rings. The van der Waals surface area contributed by atoms with Crippen LogP contribution in [0, 0.1) is 12.7 Å². The molecular formula is C23H15Cl2F7N2O3. The standard InChI is InChI=1S/C23H15Cl2F7N2O3/c1-10-4-11(2-3-14(10)18(35)7-13-8-19(34-36-13)22(27,28)29)17-9-21(37-33-17,23(30,31)32)12-5-15(24)20(26)16(25)6-12/h2-6,13H,7-9H2,1H3/t13?,21-/m0/s1. The molecule has 0 bridgehead atoms. The maximum atomic E-state index is 14.2. The number of carbonyl (C=O) groups is 1. The van der Waals surface area contributed by atoms with Crippen LogP contribution in [-0.2, 0) is 15.3 Å². The number of aryl methyl sites for hydroxylation is 1. The van der Waals surface area contributed by atoms with E-state index >= 15 is 0 Å². The fraction of sp³-hybridized carbons (Fsp3) is 0.348. The molecule has 0 N–H and O–H groups in total. The van der Waals surface area contributed by atoms with Crippen LogP contribution in [0.3, 0.4) is 0 Å². The number of nitrogens with zero attached hydrogens (tertiary/aromatic N) is 2. The van der Waals surface area contributed by atoms with Gasteiger partial charge >= 0.3 is 12.4 Å². The number of hydrogen-bond acceptors (Lipinski definition) is 5. The van der Waals surface area contributed by atoms with Gasteiger partial charge in [0.05, 0.1) is 22.2 Å². The van der Waals surface area contributed by atoms with Gasteiger partial charge in [0.2, 0.25) is 0 Å². The zero-order valence-corrected chi connectivity index (χ0v) is 20.1. The monoisotopic (exact) mass is 570 g/mol. The van der Waals surface area contributed by atoms with Crippen LogP contribution < -0.4 is 0 Å². The lowest BCUT2D eigenvalue weighted by atomic mass is 9.86. The van der Waals surface area contributed by atoms with Gasteiger partial charge in [-0.05, 0) is 36.2 Å². The molecule has 0 aromatic heterocycles. The van der Waals surface area contributed by atoms with Crippen molar-refractivity contribution in [1.29, 1.82) is 0 Å². The molecule has 2 atom stereocenters. The SMILES string of the molecule is Cc1cc(C2=NO[C@@](c3cc(Cl)c(F)c(Cl)c3)(C(F)(F)F)C2)ccc1C(=O)CC1CC(C(F)(F)F)=NO1. The van der Waals surface area contributed by atoms with Gasteiger partial charge in [-0.15, -0.1) is 0 Å². The molecule has 2 heterocycles. The number of benzene rings is 2. The van der Waals surface area contributed by atoms with Gasteiger partial charge in [0.15, 0.2) is 17.3 Å². The summed E-state index contributed by atoms with van der Waals surface area (Å²) in [5, 5.41) is 5.33. The third-order valence-electron chi connectivity index (χ3n) is 5.97. The summed E-state index contributed by atoms with van der Waals surface area (Å²) < 4.78 is 94.5. The first-order chi connectivity index (χ1) is 17.1. The number of hydrogen-bond donors (Lipinski definition) is 0. The Morgan fingerprint density at radius 3 is 2.27 bits per heavy atom. The molecule has 2 aromatic rings. The number of Topliss-reactive ketones (excluding diaryl/α,β-unsaturated/α-hetero) is 1. The molecule has 0 saturated heterocycles. The fourth-order valence-electron chi connectivity index (χ4n) is 4.03. The van der Waals surface area contributed by atoms with Crippen LogP contribution in [0.15, 0.2) is 40.6 Å². The number of carbonyl (C=O) groups excluding carboxylic acids is 1. The lowest BCUT2D eigenvalue weighted by Gasteiger charge is -2.29. The largest absolute Gasteiger partial charge is 0.435 e. The van der Waals surface area contributed by atoms with Crippen LogP contribution >= 0.6 is 23.2 Å². The molecule has 0 aliphatic carbocycles. The van der Waals surface area contributed by atoms with Gasteiger partial charge < -0.3 is 9.68 Å². The molecule has 0 saturated carbocycles. The van der Waals surface area contributed by atoms with E-state index in [0.717, 1.165) is 12.1 Å². The normalized spacial score (nSPS) is 21.8. The Kier molecular flexibility index (Phi) is 6.95. The van der Waals surface area contributed by atoms with E-state index in [9.17, 15) is 35.5 Å². The van der Waals surface area contributed by atoms with E-state index in [1.54, 1.807) is 0 Å². The molecule has 1 unspecified atom stereocenters. The lowest BCUT2D eigenvalue weighted by Crippen LogP contribution is -2.42. The topological polar surface area (TPSA) is 60.2 Å². The van der Waals surface area contributed by atoms with Crippen molar-refractivity contribution < 1.29 is 45.2 Å². The highest BCUT2D eigenvalue weighted by atomic mass is 35.5. The van der Waals surface area contributed by atoms with Gasteiger partial charge in [-0.1, -0.05) is 45.6 Å². The van der Waals surface area contributed by atoms with Crippen LogP contribution in [0.4, 0.5) is 30.7 Å². The second-order valence-electron chi connectivity index (χ2n) is 8.51. The summed E-state index contributed by atoms with van der Waals surface area (Å²) in [4.78, 5) is 22.2. The predicted octanol–water partition coefficient (Wildman–Crippen LogP) is 7.30. The van der Waals surface area contributed by atoms with Gasteiger partial charge in [0.1, 0.15) is 6.10 Å². The van der Waals surface area contributed by atoms with E-state index < -0.39 is 69.8 Å². The Balaban J connectivity index is 1.54. The number of oxime groups is 2. The van der Waals surface area contributed by atoms with Gasteiger partial charge in [-0.25, -0.2) is 4.39 Å². The summed E-state index contributed by atoms with van der Waals surface area (Å²) >= 11 is 11.4. The summed E-state index contributed by atoms with van der Waals surface area (Å²) in [7, 11) is 0. The average molecular weight is 571 g/mol. The Bertz CT molecular complexity index is 1300. The molecule has 0 amide bonds. The fourth-order valence-corrected chi connectivity index (χ4v) is 4.51. The number of halogens is 9. The van der Waals surface area contributed by atoms with E-state index in [1.807, 2.05) is 0 Å². The molecule has 4 rings (SSSR count). The minimum atomic E-state index is -4.99. The van der Waals surface area contributed by atoms with Crippen LogP contribution in [0.25, 0.3) is 0 Å². The van der Waals surface area contributed by atoms with Crippen molar-refractivity contribution in [3.8, 4) is 0 Å². The van der Waals surface area contributed by atoms with E-state index in [1.165, 1.54) is 25.1 Å². The third kappa shape index (κ3) is 5.13. The number of ketones is 1. The zero-order valence-electron chi connectivity index (χ0n) is 18.6. The summed E-state index contributed by atoms with van der Waals surface area (Å²) in [6.07, 6.45) is -12.5. The molecule has 5 nitrogen and oxygen atoms in total. The quantitative estimate of drug-likeness (QED) is 0.215. The average Bonchev–Trinajstić information content (AvgIpc) is 3.45. The minimum Gasteiger partial charge on any atom is -0.391 e. The van der Waals surface area contributed by atoms with Gasteiger partial charge in [0, 0.05) is 24.0 Å². The molecule has 0 spiro atoms. The minimum absolute atomic E-state index is 0.113. The van der Waals surface area contributed by atoms with Crippen molar-refractivity contribution in [2.24, 2.45) is 10.3 Å². The zero-order chi connectivity index (χ0) is 27.3. The van der Waals surface area contributed by atoms with E-state index in [-0.39, 0.29) is 23.3 Å². The third-order valence-corrected chi connectivity index (χ3v) is 6.52.